The van der Waals surface area contributed by atoms with E-state index in [4.69, 9.17) is 0 Å². The van der Waals surface area contributed by atoms with Crippen LogP contribution in [0.25, 0.3) is 0 Å². The Morgan fingerprint density at radius 2 is 2.06 bits per heavy atom. The van der Waals surface area contributed by atoms with Crippen LogP contribution in [0.2, 0.25) is 0 Å². The van der Waals surface area contributed by atoms with Gasteiger partial charge in [0.15, 0.2) is 6.29 Å². The van der Waals surface area contributed by atoms with Crippen LogP contribution in [0.1, 0.15) is 23.2 Å². The van der Waals surface area contributed by atoms with Gasteiger partial charge in [-0.15, -0.1) is 0 Å². The summed E-state index contributed by atoms with van der Waals surface area (Å²) in [4.78, 5) is 23.3. The summed E-state index contributed by atoms with van der Waals surface area (Å²) in [5.74, 6) is 0. The topological polar surface area (TPSA) is 83.7 Å². The van der Waals surface area contributed by atoms with Gasteiger partial charge >= 0.3 is 5.69 Å². The van der Waals surface area contributed by atoms with Crippen molar-refractivity contribution in [2.75, 3.05) is 18.0 Å². The molecule has 6 heteroatoms. The van der Waals surface area contributed by atoms with Gasteiger partial charge in [-0.25, -0.2) is 0 Å². The van der Waals surface area contributed by atoms with Crippen molar-refractivity contribution in [3.8, 4) is 0 Å². The number of nitrogens with zero attached hydrogens (tertiary/aromatic N) is 2. The van der Waals surface area contributed by atoms with E-state index >= 15 is 0 Å². The minimum atomic E-state index is -0.524. The van der Waals surface area contributed by atoms with Crippen molar-refractivity contribution < 1.29 is 14.8 Å². The molecule has 96 valence electrons. The third-order valence-electron chi connectivity index (χ3n) is 3.16. The molecule has 1 aromatic rings. The van der Waals surface area contributed by atoms with E-state index in [0.717, 1.165) is 0 Å². The maximum absolute atomic E-state index is 11.1. The molecule has 0 radical (unpaired) electrons. The molecule has 0 spiro atoms. The molecule has 1 heterocycles. The number of hydrogen-bond donors (Lipinski definition) is 1. The third kappa shape index (κ3) is 2.33. The van der Waals surface area contributed by atoms with Crippen LogP contribution < -0.4 is 4.90 Å². The maximum Gasteiger partial charge on any atom is 0.302 e. The van der Waals surface area contributed by atoms with Crippen molar-refractivity contribution in [3.05, 3.63) is 33.9 Å². The predicted molar refractivity (Wildman–Crippen MR) is 65.9 cm³/mol. The zero-order valence-corrected chi connectivity index (χ0v) is 9.78. The number of nitro benzene ring substituents is 1. The lowest BCUT2D eigenvalue weighted by Gasteiger charge is -2.31. The highest BCUT2D eigenvalue weighted by molar-refractivity contribution is 5.86. The van der Waals surface area contributed by atoms with Crippen LogP contribution in [0.5, 0.6) is 0 Å². The number of hydrogen-bond acceptors (Lipinski definition) is 5. The van der Waals surface area contributed by atoms with Gasteiger partial charge in [-0.3, -0.25) is 14.9 Å². The summed E-state index contributed by atoms with van der Waals surface area (Å²) in [6.45, 7) is 1.12. The summed E-state index contributed by atoms with van der Waals surface area (Å²) in [6, 6.07) is 4.72. The number of carbonyl (C=O) groups excluding carboxylic acids is 1. The monoisotopic (exact) mass is 250 g/mol. The number of piperidine rings is 1. The van der Waals surface area contributed by atoms with Crippen molar-refractivity contribution in [2.24, 2.45) is 0 Å². The third-order valence-corrected chi connectivity index (χ3v) is 3.16. The lowest BCUT2D eigenvalue weighted by molar-refractivity contribution is -0.384. The highest BCUT2D eigenvalue weighted by atomic mass is 16.6. The molecule has 1 saturated heterocycles. The van der Waals surface area contributed by atoms with Crippen molar-refractivity contribution >= 4 is 17.7 Å². The predicted octanol–water partition coefficient (Wildman–Crippen LogP) is 1.37. The molecule has 0 atom stereocenters. The van der Waals surface area contributed by atoms with Gasteiger partial charge in [0.1, 0.15) is 5.69 Å². The Hall–Kier alpha value is -1.95. The van der Waals surface area contributed by atoms with Gasteiger partial charge in [0.25, 0.3) is 0 Å². The van der Waals surface area contributed by atoms with E-state index < -0.39 is 4.92 Å². The van der Waals surface area contributed by atoms with Crippen LogP contribution in [-0.2, 0) is 0 Å². The van der Waals surface area contributed by atoms with E-state index in [1.165, 1.54) is 6.07 Å². The quantitative estimate of drug-likeness (QED) is 0.497. The molecular formula is C12H14N2O4. The van der Waals surface area contributed by atoms with Gasteiger partial charge in [-0.2, -0.15) is 0 Å². The normalized spacial score (nSPS) is 16.6. The fourth-order valence-electron chi connectivity index (χ4n) is 2.20. The van der Waals surface area contributed by atoms with E-state index in [-0.39, 0.29) is 17.4 Å². The number of anilines is 1. The average molecular weight is 250 g/mol. The number of benzene rings is 1. The lowest BCUT2D eigenvalue weighted by atomic mass is 10.1. The summed E-state index contributed by atoms with van der Waals surface area (Å²) in [6.07, 6.45) is 1.33. The molecule has 1 aliphatic heterocycles. The van der Waals surface area contributed by atoms with Crippen molar-refractivity contribution in [1.82, 2.24) is 0 Å². The van der Waals surface area contributed by atoms with Gasteiger partial charge in [-0.05, 0) is 25.0 Å². The van der Waals surface area contributed by atoms with E-state index in [0.29, 0.717) is 37.9 Å². The summed E-state index contributed by atoms with van der Waals surface area (Å²) < 4.78 is 0. The maximum atomic E-state index is 11.1. The van der Waals surface area contributed by atoms with Gasteiger partial charge < -0.3 is 10.0 Å². The Morgan fingerprint density at radius 1 is 1.39 bits per heavy atom. The molecule has 6 nitrogen and oxygen atoms in total. The Balaban J connectivity index is 2.38. The molecule has 0 bridgehead atoms. The highest BCUT2D eigenvalue weighted by Crippen LogP contribution is 2.32. The van der Waals surface area contributed by atoms with Crippen molar-refractivity contribution in [1.29, 1.82) is 0 Å². The number of carbonyl (C=O) groups is 1. The first-order chi connectivity index (χ1) is 8.63. The van der Waals surface area contributed by atoms with Crippen LogP contribution in [0.15, 0.2) is 18.2 Å². The molecule has 1 aliphatic rings. The van der Waals surface area contributed by atoms with Gasteiger partial charge in [-0.1, -0.05) is 6.07 Å². The van der Waals surface area contributed by atoms with Gasteiger partial charge in [0, 0.05) is 13.1 Å². The largest absolute Gasteiger partial charge is 0.393 e. The smallest absolute Gasteiger partial charge is 0.302 e. The SMILES string of the molecule is O=Cc1cccc(N2CCC(O)CC2)c1[N+](=O)[O-]. The minimum Gasteiger partial charge on any atom is -0.393 e. The second kappa shape index (κ2) is 5.14. The molecule has 2 rings (SSSR count). The fourth-order valence-corrected chi connectivity index (χ4v) is 2.20. The number of nitro groups is 1. The first kappa shape index (κ1) is 12.5. The fraction of sp³-hybridized carbons (Fsp3) is 0.417. The second-order valence-electron chi connectivity index (χ2n) is 4.31. The summed E-state index contributed by atoms with van der Waals surface area (Å²) >= 11 is 0. The van der Waals surface area contributed by atoms with Crippen LogP contribution in [0, 0.1) is 10.1 Å². The summed E-state index contributed by atoms with van der Waals surface area (Å²) in [5, 5.41) is 20.5. The molecule has 0 amide bonds. The molecule has 0 aromatic heterocycles. The summed E-state index contributed by atoms with van der Waals surface area (Å²) in [5.41, 5.74) is 0.393. The molecule has 18 heavy (non-hydrogen) atoms. The number of rotatable bonds is 3. The Kier molecular flexibility index (Phi) is 3.57. The van der Waals surface area contributed by atoms with Crippen LogP contribution in [-0.4, -0.2) is 35.5 Å². The number of aliphatic hydroxyl groups excluding tert-OH is 1. The first-order valence-electron chi connectivity index (χ1n) is 5.79. The van der Waals surface area contributed by atoms with Crippen LogP contribution >= 0.6 is 0 Å². The van der Waals surface area contributed by atoms with Crippen LogP contribution in [0.4, 0.5) is 11.4 Å². The number of aliphatic hydroxyl groups is 1. The molecule has 1 aromatic carbocycles. The lowest BCUT2D eigenvalue weighted by Crippen LogP contribution is -2.36. The van der Waals surface area contributed by atoms with E-state index in [9.17, 15) is 20.0 Å². The molecule has 1 N–H and O–H groups in total. The van der Waals surface area contributed by atoms with Crippen LogP contribution in [0.3, 0.4) is 0 Å². The van der Waals surface area contributed by atoms with Gasteiger partial charge in [0.2, 0.25) is 0 Å². The molecule has 0 aliphatic carbocycles. The van der Waals surface area contributed by atoms with Crippen molar-refractivity contribution in [3.63, 3.8) is 0 Å². The first-order valence-corrected chi connectivity index (χ1v) is 5.79. The molecule has 0 saturated carbocycles. The average Bonchev–Trinajstić information content (AvgIpc) is 2.38. The minimum absolute atomic E-state index is 0.0867. The Morgan fingerprint density at radius 3 is 2.61 bits per heavy atom. The second-order valence-corrected chi connectivity index (χ2v) is 4.31. The van der Waals surface area contributed by atoms with Gasteiger partial charge in [0.05, 0.1) is 16.6 Å². The van der Waals surface area contributed by atoms with E-state index in [1.54, 1.807) is 12.1 Å². The molecule has 1 fully saturated rings. The Bertz CT molecular complexity index is 467. The summed E-state index contributed by atoms with van der Waals surface area (Å²) in [7, 11) is 0. The number of aldehydes is 1. The zero-order chi connectivity index (χ0) is 13.1. The van der Waals surface area contributed by atoms with E-state index in [2.05, 4.69) is 0 Å². The molecule has 0 unspecified atom stereocenters. The van der Waals surface area contributed by atoms with Crippen molar-refractivity contribution in [2.45, 2.75) is 18.9 Å². The van der Waals surface area contributed by atoms with E-state index in [1.807, 2.05) is 4.90 Å². The molecular weight excluding hydrogens is 236 g/mol. The highest BCUT2D eigenvalue weighted by Gasteiger charge is 2.26. The standard InChI is InChI=1S/C12H14N2O4/c15-8-9-2-1-3-11(12(9)14(17)18)13-6-4-10(16)5-7-13/h1-3,8,10,16H,4-7H2. The zero-order valence-electron chi connectivity index (χ0n) is 9.78. The Labute approximate surface area is 104 Å². The number of para-hydroxylation sites is 1.